The highest BCUT2D eigenvalue weighted by atomic mass is 19.1. The van der Waals surface area contributed by atoms with Gasteiger partial charge in [0.1, 0.15) is 11.6 Å². The van der Waals surface area contributed by atoms with Gasteiger partial charge in [-0.15, -0.1) is 0 Å². The van der Waals surface area contributed by atoms with E-state index in [2.05, 4.69) is 4.98 Å². The largest absolute Gasteiger partial charge is 0.462 e. The molecule has 0 bridgehead atoms. The third kappa shape index (κ3) is 2.76. The van der Waals surface area contributed by atoms with Crippen molar-refractivity contribution in [2.75, 3.05) is 6.61 Å². The van der Waals surface area contributed by atoms with Gasteiger partial charge in [0.25, 0.3) is 0 Å². The lowest BCUT2D eigenvalue weighted by Gasteiger charge is -2.05. The lowest BCUT2D eigenvalue weighted by Crippen LogP contribution is -2.05. The average Bonchev–Trinajstić information content (AvgIpc) is 2.39. The molecule has 1 heterocycles. The molecule has 0 N–H and O–H groups in total. The maximum absolute atomic E-state index is 13.5. The van der Waals surface area contributed by atoms with Gasteiger partial charge in [0.2, 0.25) is 0 Å². The molecule has 3 nitrogen and oxygen atoms in total. The van der Waals surface area contributed by atoms with E-state index >= 15 is 0 Å². The van der Waals surface area contributed by atoms with Crippen molar-refractivity contribution in [3.63, 3.8) is 0 Å². The maximum Gasteiger partial charge on any atom is 0.339 e. The Morgan fingerprint density at radius 3 is 2.42 bits per heavy atom. The molecule has 2 aromatic rings. The van der Waals surface area contributed by atoms with Gasteiger partial charge < -0.3 is 4.74 Å². The van der Waals surface area contributed by atoms with Crippen LogP contribution in [0, 0.1) is 11.6 Å². The summed E-state index contributed by atoms with van der Waals surface area (Å²) in [6.45, 7) is 1.94. The van der Waals surface area contributed by atoms with Crippen LogP contribution in [0.5, 0.6) is 0 Å². The van der Waals surface area contributed by atoms with Crippen molar-refractivity contribution in [2.24, 2.45) is 0 Å². The van der Waals surface area contributed by atoms with Gasteiger partial charge in [0.15, 0.2) is 0 Å². The van der Waals surface area contributed by atoms with Gasteiger partial charge in [-0.25, -0.2) is 13.6 Å². The molecule has 2 rings (SSSR count). The average molecular weight is 263 g/mol. The van der Waals surface area contributed by atoms with Crippen molar-refractivity contribution in [3.8, 4) is 11.3 Å². The van der Waals surface area contributed by atoms with E-state index in [0.29, 0.717) is 0 Å². The quantitative estimate of drug-likeness (QED) is 0.798. The van der Waals surface area contributed by atoms with Crippen molar-refractivity contribution in [1.82, 2.24) is 4.98 Å². The zero-order valence-electron chi connectivity index (χ0n) is 10.2. The molecule has 0 aliphatic rings. The first-order valence-electron chi connectivity index (χ1n) is 5.71. The Morgan fingerprint density at radius 2 is 1.89 bits per heavy atom. The Labute approximate surface area is 108 Å². The number of nitrogens with zero attached hydrogens (tertiary/aromatic N) is 1. The lowest BCUT2D eigenvalue weighted by atomic mass is 10.1. The lowest BCUT2D eigenvalue weighted by molar-refractivity contribution is 0.0526. The number of hydrogen-bond donors (Lipinski definition) is 0. The number of rotatable bonds is 3. The zero-order chi connectivity index (χ0) is 13.8. The highest BCUT2D eigenvalue weighted by Crippen LogP contribution is 2.24. The summed E-state index contributed by atoms with van der Waals surface area (Å²) in [4.78, 5) is 15.3. The molecule has 1 aromatic carbocycles. The maximum atomic E-state index is 13.5. The van der Waals surface area contributed by atoms with Crippen molar-refractivity contribution >= 4 is 5.97 Å². The Balaban J connectivity index is 2.35. The summed E-state index contributed by atoms with van der Waals surface area (Å²) in [7, 11) is 0. The number of esters is 1. The highest BCUT2D eigenvalue weighted by molar-refractivity contribution is 5.89. The normalized spacial score (nSPS) is 10.3. The van der Waals surface area contributed by atoms with Gasteiger partial charge in [-0.2, -0.15) is 0 Å². The predicted molar refractivity (Wildman–Crippen MR) is 65.5 cm³/mol. The van der Waals surface area contributed by atoms with Crippen LogP contribution in [0.2, 0.25) is 0 Å². The SMILES string of the molecule is CCOC(=O)c1ccc(-c2c(F)cccc2F)nc1. The standard InChI is InChI=1S/C14H11F2NO2/c1-2-19-14(18)9-6-7-12(17-8-9)13-10(15)4-3-5-11(13)16/h3-8H,2H2,1H3. The number of hydrogen-bond acceptors (Lipinski definition) is 3. The van der Waals surface area contributed by atoms with E-state index in [9.17, 15) is 13.6 Å². The van der Waals surface area contributed by atoms with Crippen LogP contribution in [0.25, 0.3) is 11.3 Å². The Bertz CT molecular complexity index is 577. The van der Waals surface area contributed by atoms with Crippen molar-refractivity contribution < 1.29 is 18.3 Å². The molecule has 0 saturated carbocycles. The van der Waals surface area contributed by atoms with Crippen LogP contribution in [-0.2, 0) is 4.74 Å². The number of carbonyl (C=O) groups excluding carboxylic acids is 1. The Morgan fingerprint density at radius 1 is 1.21 bits per heavy atom. The number of pyridine rings is 1. The summed E-state index contributed by atoms with van der Waals surface area (Å²) in [5.74, 6) is -1.91. The van der Waals surface area contributed by atoms with E-state index in [1.54, 1.807) is 6.92 Å². The zero-order valence-corrected chi connectivity index (χ0v) is 10.2. The van der Waals surface area contributed by atoms with Crippen LogP contribution in [0.4, 0.5) is 8.78 Å². The van der Waals surface area contributed by atoms with Gasteiger partial charge in [0.05, 0.1) is 23.4 Å². The molecule has 0 radical (unpaired) electrons. The first-order valence-corrected chi connectivity index (χ1v) is 5.71. The van der Waals surface area contributed by atoms with E-state index in [-0.39, 0.29) is 23.4 Å². The summed E-state index contributed by atoms with van der Waals surface area (Å²) in [6, 6.07) is 6.39. The minimum atomic E-state index is -0.698. The molecule has 0 amide bonds. The molecule has 1 aromatic heterocycles. The predicted octanol–water partition coefficient (Wildman–Crippen LogP) is 3.20. The van der Waals surface area contributed by atoms with Crippen LogP contribution in [0.3, 0.4) is 0 Å². The minimum Gasteiger partial charge on any atom is -0.462 e. The van der Waals surface area contributed by atoms with Crippen LogP contribution < -0.4 is 0 Å². The summed E-state index contributed by atoms with van der Waals surface area (Å²) in [6.07, 6.45) is 1.24. The van der Waals surface area contributed by atoms with Crippen LogP contribution in [0.1, 0.15) is 17.3 Å². The fraction of sp³-hybridized carbons (Fsp3) is 0.143. The van der Waals surface area contributed by atoms with Crippen molar-refractivity contribution in [3.05, 3.63) is 53.7 Å². The first-order chi connectivity index (χ1) is 9.13. The number of halogens is 2. The molecule has 5 heteroatoms. The molecule has 0 aliphatic heterocycles. The van der Waals surface area contributed by atoms with E-state index < -0.39 is 17.6 Å². The van der Waals surface area contributed by atoms with Crippen molar-refractivity contribution in [2.45, 2.75) is 6.92 Å². The molecular weight excluding hydrogens is 252 g/mol. The number of benzene rings is 1. The van der Waals surface area contributed by atoms with Crippen LogP contribution in [-0.4, -0.2) is 17.6 Å². The van der Waals surface area contributed by atoms with E-state index in [0.717, 1.165) is 12.1 Å². The summed E-state index contributed by atoms with van der Waals surface area (Å²) in [5.41, 5.74) is 0.156. The van der Waals surface area contributed by atoms with Gasteiger partial charge in [-0.1, -0.05) is 6.07 Å². The Hall–Kier alpha value is -2.30. The second-order valence-electron chi connectivity index (χ2n) is 3.75. The third-order valence-corrected chi connectivity index (χ3v) is 2.49. The van der Waals surface area contributed by atoms with Gasteiger partial charge in [-0.3, -0.25) is 4.98 Å². The van der Waals surface area contributed by atoms with Crippen molar-refractivity contribution in [1.29, 1.82) is 0 Å². The summed E-state index contributed by atoms with van der Waals surface area (Å²) in [5, 5.41) is 0. The molecule has 19 heavy (non-hydrogen) atoms. The first kappa shape index (κ1) is 13.1. The number of ether oxygens (including phenoxy) is 1. The molecular formula is C14H11F2NO2. The highest BCUT2D eigenvalue weighted by Gasteiger charge is 2.13. The van der Waals surface area contributed by atoms with Gasteiger partial charge in [-0.05, 0) is 31.2 Å². The monoisotopic (exact) mass is 263 g/mol. The molecule has 0 atom stereocenters. The topological polar surface area (TPSA) is 39.2 Å². The smallest absolute Gasteiger partial charge is 0.339 e. The molecule has 0 saturated heterocycles. The van der Waals surface area contributed by atoms with Crippen LogP contribution >= 0.6 is 0 Å². The fourth-order valence-electron chi connectivity index (χ4n) is 1.62. The fourth-order valence-corrected chi connectivity index (χ4v) is 1.62. The number of aromatic nitrogens is 1. The molecule has 98 valence electrons. The summed E-state index contributed by atoms with van der Waals surface area (Å²) < 4.78 is 31.9. The minimum absolute atomic E-state index is 0.128. The second kappa shape index (κ2) is 5.56. The van der Waals surface area contributed by atoms with Crippen LogP contribution in [0.15, 0.2) is 36.5 Å². The third-order valence-electron chi connectivity index (χ3n) is 2.49. The van der Waals surface area contributed by atoms with E-state index in [1.165, 1.54) is 24.4 Å². The number of carbonyl (C=O) groups is 1. The van der Waals surface area contributed by atoms with E-state index in [1.807, 2.05) is 0 Å². The molecule has 0 spiro atoms. The molecule has 0 unspecified atom stereocenters. The van der Waals surface area contributed by atoms with Gasteiger partial charge >= 0.3 is 5.97 Å². The Kier molecular flexibility index (Phi) is 3.85. The molecule has 0 aliphatic carbocycles. The second-order valence-corrected chi connectivity index (χ2v) is 3.75. The van der Waals surface area contributed by atoms with E-state index in [4.69, 9.17) is 4.74 Å². The molecule has 0 fully saturated rings. The summed E-state index contributed by atoms with van der Waals surface area (Å²) >= 11 is 0. The van der Waals surface area contributed by atoms with Gasteiger partial charge in [0, 0.05) is 6.20 Å².